The largest absolute Gasteiger partial charge is 0.478 e. The number of aromatic carboxylic acids is 1. The third-order valence-corrected chi connectivity index (χ3v) is 5.12. The van der Waals surface area contributed by atoms with E-state index < -0.39 is 11.4 Å². The fraction of sp³-hybridized carbons (Fsp3) is 0.316. The Balaban J connectivity index is 0.000000185. The topological polar surface area (TPSA) is 96.5 Å². The van der Waals surface area contributed by atoms with E-state index >= 15 is 0 Å². The van der Waals surface area contributed by atoms with Gasteiger partial charge in [-0.3, -0.25) is 9.78 Å². The minimum absolute atomic E-state index is 0.136. The number of nitrogens with two attached hydrogens (primary N) is 1. The van der Waals surface area contributed by atoms with Crippen molar-refractivity contribution < 1.29 is 14.7 Å². The highest BCUT2D eigenvalue weighted by Gasteiger charge is 2.54. The number of carboxylic acids is 1. The second-order valence-electron chi connectivity index (χ2n) is 6.76. The van der Waals surface area contributed by atoms with Crippen LogP contribution in [-0.2, 0) is 16.8 Å². The number of fused-ring (bicyclic) bond motifs is 2. The monoisotopic (exact) mass is 373 g/mol. The Morgan fingerprint density at radius 1 is 1.38 bits per heavy atom. The van der Waals surface area contributed by atoms with Gasteiger partial charge in [-0.2, -0.15) is 0 Å². The lowest BCUT2D eigenvalue weighted by atomic mass is 9.59. The van der Waals surface area contributed by atoms with Gasteiger partial charge in [0.25, 0.3) is 0 Å². The number of hydrogen-bond acceptors (Lipinski definition) is 4. The first-order chi connectivity index (χ1) is 12.3. The van der Waals surface area contributed by atoms with Crippen molar-refractivity contribution in [3.8, 4) is 0 Å². The Labute approximate surface area is 156 Å². The first kappa shape index (κ1) is 18.4. The molecule has 1 saturated carbocycles. The summed E-state index contributed by atoms with van der Waals surface area (Å²) in [6.45, 7) is 0.669. The van der Waals surface area contributed by atoms with Crippen LogP contribution in [0.15, 0.2) is 42.7 Å². The standard InChI is InChI=1S/C13H15ClN2O.C6H5NO2/c1-16-7-8-2-3-9(14)4-11(8)13(12(16)17)5-10(15)6-13;8-6(9)5-2-1-3-7-4-5/h2-4,10H,5-7,15H2,1H3;1-4H,(H,8,9). The van der Waals surface area contributed by atoms with Gasteiger partial charge in [-0.15, -0.1) is 0 Å². The van der Waals surface area contributed by atoms with E-state index in [0.29, 0.717) is 11.6 Å². The number of carbonyl (C=O) groups excluding carboxylic acids is 1. The van der Waals surface area contributed by atoms with Crippen molar-refractivity contribution >= 4 is 23.5 Å². The molecule has 1 spiro atoms. The number of halogens is 1. The molecule has 1 aromatic carbocycles. The van der Waals surface area contributed by atoms with E-state index in [2.05, 4.69) is 4.98 Å². The molecular weight excluding hydrogens is 354 g/mol. The molecule has 2 heterocycles. The van der Waals surface area contributed by atoms with Crippen LogP contribution in [0.4, 0.5) is 0 Å². The average Bonchev–Trinajstić information content (AvgIpc) is 2.60. The highest BCUT2D eigenvalue weighted by Crippen LogP contribution is 2.48. The molecule has 0 unspecified atom stereocenters. The van der Waals surface area contributed by atoms with Gasteiger partial charge in [0.2, 0.25) is 5.91 Å². The van der Waals surface area contributed by atoms with E-state index in [4.69, 9.17) is 22.4 Å². The maximum absolute atomic E-state index is 12.4. The normalized spacial score (nSPS) is 23.6. The summed E-state index contributed by atoms with van der Waals surface area (Å²) in [5.74, 6) is -0.753. The molecule has 1 aliphatic heterocycles. The summed E-state index contributed by atoms with van der Waals surface area (Å²) in [6, 6.07) is 9.06. The van der Waals surface area contributed by atoms with Gasteiger partial charge < -0.3 is 15.7 Å². The summed E-state index contributed by atoms with van der Waals surface area (Å²) >= 11 is 6.05. The second-order valence-corrected chi connectivity index (χ2v) is 7.20. The highest BCUT2D eigenvalue weighted by atomic mass is 35.5. The van der Waals surface area contributed by atoms with E-state index in [-0.39, 0.29) is 17.5 Å². The van der Waals surface area contributed by atoms with Crippen LogP contribution in [0.2, 0.25) is 5.02 Å². The molecule has 4 rings (SSSR count). The van der Waals surface area contributed by atoms with E-state index in [9.17, 15) is 9.59 Å². The fourth-order valence-electron chi connectivity index (χ4n) is 3.66. The van der Waals surface area contributed by atoms with Gasteiger partial charge in [0.05, 0.1) is 11.0 Å². The summed E-state index contributed by atoms with van der Waals surface area (Å²) in [5.41, 5.74) is 8.00. The van der Waals surface area contributed by atoms with E-state index in [1.54, 1.807) is 11.0 Å². The van der Waals surface area contributed by atoms with Crippen LogP contribution in [0.25, 0.3) is 0 Å². The third kappa shape index (κ3) is 3.30. The van der Waals surface area contributed by atoms with Gasteiger partial charge in [0.15, 0.2) is 0 Å². The van der Waals surface area contributed by atoms with Crippen LogP contribution in [0.5, 0.6) is 0 Å². The molecule has 0 radical (unpaired) electrons. The molecule has 0 atom stereocenters. The van der Waals surface area contributed by atoms with Crippen LogP contribution in [0.3, 0.4) is 0 Å². The van der Waals surface area contributed by atoms with Crippen molar-refractivity contribution in [2.24, 2.45) is 5.73 Å². The van der Waals surface area contributed by atoms with Crippen molar-refractivity contribution in [2.75, 3.05) is 7.05 Å². The number of nitrogens with zero attached hydrogens (tertiary/aromatic N) is 2. The van der Waals surface area contributed by atoms with Crippen molar-refractivity contribution in [3.63, 3.8) is 0 Å². The van der Waals surface area contributed by atoms with Gasteiger partial charge >= 0.3 is 5.97 Å². The molecule has 6 nitrogen and oxygen atoms in total. The lowest BCUT2D eigenvalue weighted by Gasteiger charge is -2.50. The minimum Gasteiger partial charge on any atom is -0.478 e. The van der Waals surface area contributed by atoms with Crippen molar-refractivity contribution in [1.29, 1.82) is 0 Å². The fourth-order valence-corrected chi connectivity index (χ4v) is 3.83. The molecule has 1 aliphatic carbocycles. The molecule has 1 amide bonds. The van der Waals surface area contributed by atoms with Crippen LogP contribution in [0, 0.1) is 0 Å². The molecular formula is C19H20ClN3O3. The number of aromatic nitrogens is 1. The number of amides is 1. The molecule has 0 saturated heterocycles. The van der Waals surface area contributed by atoms with Crippen molar-refractivity contribution in [1.82, 2.24) is 9.88 Å². The Kier molecular flexibility index (Phi) is 4.98. The SMILES string of the molecule is CN1Cc2ccc(Cl)cc2C2(CC(N)C2)C1=O.O=C(O)c1cccnc1. The predicted octanol–water partition coefficient (Wildman–Crippen LogP) is 2.45. The first-order valence-electron chi connectivity index (χ1n) is 8.27. The maximum atomic E-state index is 12.4. The van der Waals surface area contributed by atoms with E-state index in [1.165, 1.54) is 24.0 Å². The molecule has 26 heavy (non-hydrogen) atoms. The lowest BCUT2D eigenvalue weighted by Crippen LogP contribution is -2.60. The second kappa shape index (κ2) is 7.05. The van der Waals surface area contributed by atoms with Crippen LogP contribution < -0.4 is 5.73 Å². The molecule has 136 valence electrons. The number of pyridine rings is 1. The molecule has 2 aliphatic rings. The summed E-state index contributed by atoms with van der Waals surface area (Å²) in [4.78, 5) is 28.0. The smallest absolute Gasteiger partial charge is 0.337 e. The van der Waals surface area contributed by atoms with Crippen molar-refractivity contribution in [2.45, 2.75) is 30.8 Å². The van der Waals surface area contributed by atoms with Crippen molar-refractivity contribution in [3.05, 3.63) is 64.4 Å². The average molecular weight is 374 g/mol. The van der Waals surface area contributed by atoms with Gasteiger partial charge in [-0.1, -0.05) is 17.7 Å². The Morgan fingerprint density at radius 2 is 2.12 bits per heavy atom. The summed E-state index contributed by atoms with van der Waals surface area (Å²) in [6.07, 6.45) is 4.32. The number of benzene rings is 1. The molecule has 1 aromatic heterocycles. The van der Waals surface area contributed by atoms with E-state index in [1.807, 2.05) is 25.2 Å². The quantitative estimate of drug-likeness (QED) is 0.800. The maximum Gasteiger partial charge on any atom is 0.337 e. The zero-order chi connectivity index (χ0) is 18.9. The molecule has 1 fully saturated rings. The van der Waals surface area contributed by atoms with Crippen LogP contribution >= 0.6 is 11.6 Å². The number of carboxylic acid groups (broad SMARTS) is 1. The van der Waals surface area contributed by atoms with Gasteiger partial charge in [-0.25, -0.2) is 4.79 Å². The number of likely N-dealkylation sites (N-methyl/N-ethyl adjacent to an activating group) is 1. The molecule has 3 N–H and O–H groups in total. The molecule has 7 heteroatoms. The Bertz CT molecular complexity index is 835. The number of rotatable bonds is 1. The van der Waals surface area contributed by atoms with Crippen LogP contribution in [-0.4, -0.2) is 40.0 Å². The lowest BCUT2D eigenvalue weighted by molar-refractivity contribution is -0.142. The van der Waals surface area contributed by atoms with Gasteiger partial charge in [-0.05, 0) is 48.2 Å². The minimum atomic E-state index is -0.942. The third-order valence-electron chi connectivity index (χ3n) is 4.88. The number of carbonyl (C=O) groups is 2. The van der Waals surface area contributed by atoms with E-state index in [0.717, 1.165) is 18.4 Å². The van der Waals surface area contributed by atoms with Gasteiger partial charge in [0, 0.05) is 37.1 Å². The zero-order valence-corrected chi connectivity index (χ0v) is 15.1. The predicted molar refractivity (Wildman–Crippen MR) is 98.0 cm³/mol. The summed E-state index contributed by atoms with van der Waals surface area (Å²) < 4.78 is 0. The van der Waals surface area contributed by atoms with Gasteiger partial charge in [0.1, 0.15) is 0 Å². The van der Waals surface area contributed by atoms with Crippen LogP contribution in [0.1, 0.15) is 34.3 Å². The Morgan fingerprint density at radius 3 is 2.65 bits per heavy atom. The summed E-state index contributed by atoms with van der Waals surface area (Å²) in [7, 11) is 1.85. The summed E-state index contributed by atoms with van der Waals surface area (Å²) in [5, 5.41) is 9.04. The zero-order valence-electron chi connectivity index (χ0n) is 14.4. The number of hydrogen-bond donors (Lipinski definition) is 2. The molecule has 2 aromatic rings. The molecule has 0 bridgehead atoms. The Hall–Kier alpha value is -2.44. The highest BCUT2D eigenvalue weighted by molar-refractivity contribution is 6.30. The first-order valence-corrected chi connectivity index (χ1v) is 8.64.